The van der Waals surface area contributed by atoms with Gasteiger partial charge in [0.1, 0.15) is 5.37 Å². The molecule has 1 aliphatic carbocycles. The van der Waals surface area contributed by atoms with Crippen LogP contribution >= 0.6 is 11.8 Å². The number of methoxy groups -OCH3 is 2. The minimum absolute atomic E-state index is 0.00965. The lowest BCUT2D eigenvalue weighted by molar-refractivity contribution is -0.132. The summed E-state index contributed by atoms with van der Waals surface area (Å²) >= 11 is 1.79. The van der Waals surface area contributed by atoms with E-state index >= 15 is 0 Å². The first-order valence-electron chi connectivity index (χ1n) is 8.92. The number of thioether (sulfide) groups is 1. The van der Waals surface area contributed by atoms with Gasteiger partial charge in [-0.1, -0.05) is 42.5 Å². The maximum absolute atomic E-state index is 13.2. The first-order valence-corrected chi connectivity index (χ1v) is 9.97. The zero-order valence-corrected chi connectivity index (χ0v) is 15.9. The highest BCUT2D eigenvalue weighted by molar-refractivity contribution is 7.99. The van der Waals surface area contributed by atoms with Gasteiger partial charge in [-0.2, -0.15) is 0 Å². The largest absolute Gasteiger partial charge is 0.493 e. The predicted molar refractivity (Wildman–Crippen MR) is 104 cm³/mol. The molecule has 4 nitrogen and oxygen atoms in total. The van der Waals surface area contributed by atoms with Crippen molar-refractivity contribution in [2.75, 3.05) is 26.5 Å². The molecule has 136 valence electrons. The molecule has 2 aromatic carbocycles. The standard InChI is InChI=1S/C21H23NO3S/c1-24-18-10-6-9-15(19(18)25-2)21-22(11-12-26-21)20(23)17-13-16(17)14-7-4-3-5-8-14/h3-10,16-17,21H,11-13H2,1-2H3/t16-,17-,21-/m0/s1. The van der Waals surface area contributed by atoms with Crippen LogP contribution in [0.25, 0.3) is 0 Å². The minimum atomic E-state index is -0.00965. The van der Waals surface area contributed by atoms with Crippen LogP contribution in [-0.2, 0) is 4.79 Å². The van der Waals surface area contributed by atoms with Gasteiger partial charge in [0.2, 0.25) is 5.91 Å². The average molecular weight is 369 g/mol. The Kier molecular flexibility index (Phi) is 4.81. The van der Waals surface area contributed by atoms with Crippen molar-refractivity contribution in [3.05, 3.63) is 59.7 Å². The van der Waals surface area contributed by atoms with E-state index in [0.29, 0.717) is 11.7 Å². The molecular formula is C21H23NO3S. The highest BCUT2D eigenvalue weighted by Crippen LogP contribution is 2.52. The van der Waals surface area contributed by atoms with Crippen LogP contribution in [0.1, 0.15) is 28.8 Å². The summed E-state index contributed by atoms with van der Waals surface area (Å²) in [6.07, 6.45) is 0.950. The Hall–Kier alpha value is -2.14. The molecule has 1 amide bonds. The van der Waals surface area contributed by atoms with Crippen LogP contribution in [-0.4, -0.2) is 37.3 Å². The van der Waals surface area contributed by atoms with E-state index in [1.54, 1.807) is 26.0 Å². The van der Waals surface area contributed by atoms with Crippen molar-refractivity contribution in [3.8, 4) is 11.5 Å². The van der Waals surface area contributed by atoms with E-state index < -0.39 is 0 Å². The number of benzene rings is 2. The molecule has 1 saturated heterocycles. The van der Waals surface area contributed by atoms with Gasteiger partial charge in [-0.15, -0.1) is 11.8 Å². The minimum Gasteiger partial charge on any atom is -0.493 e. The Bertz CT molecular complexity index is 795. The highest BCUT2D eigenvalue weighted by Gasteiger charge is 2.48. The molecular weight excluding hydrogens is 346 g/mol. The van der Waals surface area contributed by atoms with E-state index in [2.05, 4.69) is 12.1 Å². The van der Waals surface area contributed by atoms with Crippen molar-refractivity contribution >= 4 is 17.7 Å². The Labute approximate surface area is 158 Å². The summed E-state index contributed by atoms with van der Waals surface area (Å²) < 4.78 is 11.0. The van der Waals surface area contributed by atoms with Gasteiger partial charge in [0, 0.05) is 23.8 Å². The van der Waals surface area contributed by atoms with E-state index in [1.807, 2.05) is 41.3 Å². The number of para-hydroxylation sites is 1. The average Bonchev–Trinajstić information content (AvgIpc) is 3.35. The molecule has 0 unspecified atom stereocenters. The molecule has 2 fully saturated rings. The lowest BCUT2D eigenvalue weighted by atomic mass is 10.1. The Morgan fingerprint density at radius 1 is 1.08 bits per heavy atom. The van der Waals surface area contributed by atoms with E-state index in [-0.39, 0.29) is 17.2 Å². The zero-order chi connectivity index (χ0) is 18.1. The Morgan fingerprint density at radius 3 is 2.62 bits per heavy atom. The van der Waals surface area contributed by atoms with E-state index in [9.17, 15) is 4.79 Å². The first-order chi connectivity index (χ1) is 12.7. The molecule has 4 rings (SSSR count). The third-order valence-electron chi connectivity index (χ3n) is 5.21. The SMILES string of the molecule is COc1cccc([C@@H]2SCCN2C(=O)[C@H]2C[C@H]2c2ccccc2)c1OC. The van der Waals surface area contributed by atoms with Gasteiger partial charge in [0.15, 0.2) is 11.5 Å². The summed E-state index contributed by atoms with van der Waals surface area (Å²) in [5, 5.41) is -0.00965. The second-order valence-electron chi connectivity index (χ2n) is 6.70. The molecule has 0 radical (unpaired) electrons. The van der Waals surface area contributed by atoms with Crippen LogP contribution in [0.3, 0.4) is 0 Å². The Morgan fingerprint density at radius 2 is 1.88 bits per heavy atom. The van der Waals surface area contributed by atoms with Crippen LogP contribution in [0.15, 0.2) is 48.5 Å². The number of amides is 1. The lowest BCUT2D eigenvalue weighted by Gasteiger charge is -2.26. The zero-order valence-electron chi connectivity index (χ0n) is 15.1. The third-order valence-corrected chi connectivity index (χ3v) is 6.45. The maximum Gasteiger partial charge on any atom is 0.227 e. The molecule has 1 heterocycles. The molecule has 5 heteroatoms. The number of hydrogen-bond acceptors (Lipinski definition) is 4. The second-order valence-corrected chi connectivity index (χ2v) is 7.89. The molecule has 0 spiro atoms. The molecule has 0 bridgehead atoms. The fraction of sp³-hybridized carbons (Fsp3) is 0.381. The smallest absolute Gasteiger partial charge is 0.227 e. The maximum atomic E-state index is 13.2. The van der Waals surface area contributed by atoms with Crippen molar-refractivity contribution < 1.29 is 14.3 Å². The number of ether oxygens (including phenoxy) is 2. The molecule has 0 aromatic heterocycles. The number of carbonyl (C=O) groups excluding carboxylic acids is 1. The van der Waals surface area contributed by atoms with Crippen molar-refractivity contribution in [1.82, 2.24) is 4.90 Å². The number of carbonyl (C=O) groups is 1. The summed E-state index contributed by atoms with van der Waals surface area (Å²) in [6.45, 7) is 0.784. The van der Waals surface area contributed by atoms with Gasteiger partial charge in [-0.25, -0.2) is 0 Å². The van der Waals surface area contributed by atoms with Crippen LogP contribution in [0.5, 0.6) is 11.5 Å². The van der Waals surface area contributed by atoms with Gasteiger partial charge in [-0.05, 0) is 24.0 Å². The summed E-state index contributed by atoms with van der Waals surface area (Å²) in [4.78, 5) is 15.2. The fourth-order valence-electron chi connectivity index (χ4n) is 3.81. The summed E-state index contributed by atoms with van der Waals surface area (Å²) in [7, 11) is 3.29. The van der Waals surface area contributed by atoms with Gasteiger partial charge >= 0.3 is 0 Å². The molecule has 2 aromatic rings. The molecule has 3 atom stereocenters. The molecule has 26 heavy (non-hydrogen) atoms. The summed E-state index contributed by atoms with van der Waals surface area (Å²) in [6, 6.07) is 16.2. The number of rotatable bonds is 5. The van der Waals surface area contributed by atoms with E-state index in [0.717, 1.165) is 30.0 Å². The van der Waals surface area contributed by atoms with Gasteiger partial charge in [0.05, 0.1) is 14.2 Å². The van der Waals surface area contributed by atoms with Crippen LogP contribution in [0.4, 0.5) is 0 Å². The summed E-state index contributed by atoms with van der Waals surface area (Å²) in [5.41, 5.74) is 2.29. The molecule has 2 aliphatic rings. The van der Waals surface area contributed by atoms with E-state index in [4.69, 9.17) is 9.47 Å². The van der Waals surface area contributed by atoms with Gasteiger partial charge in [-0.3, -0.25) is 4.79 Å². The topological polar surface area (TPSA) is 38.8 Å². The van der Waals surface area contributed by atoms with Crippen molar-refractivity contribution in [2.24, 2.45) is 5.92 Å². The second kappa shape index (κ2) is 7.23. The van der Waals surface area contributed by atoms with Crippen molar-refractivity contribution in [3.63, 3.8) is 0 Å². The van der Waals surface area contributed by atoms with Gasteiger partial charge in [0.25, 0.3) is 0 Å². The van der Waals surface area contributed by atoms with Crippen molar-refractivity contribution in [2.45, 2.75) is 17.7 Å². The predicted octanol–water partition coefficient (Wildman–Crippen LogP) is 4.08. The lowest BCUT2D eigenvalue weighted by Crippen LogP contribution is -2.32. The fourth-order valence-corrected chi connectivity index (χ4v) is 5.09. The highest BCUT2D eigenvalue weighted by atomic mass is 32.2. The molecule has 1 aliphatic heterocycles. The van der Waals surface area contributed by atoms with Crippen LogP contribution in [0, 0.1) is 5.92 Å². The number of nitrogens with zero attached hydrogens (tertiary/aromatic N) is 1. The van der Waals surface area contributed by atoms with Crippen LogP contribution in [0.2, 0.25) is 0 Å². The quantitative estimate of drug-likeness (QED) is 0.796. The number of hydrogen-bond donors (Lipinski definition) is 0. The normalized spacial score (nSPS) is 24.4. The monoisotopic (exact) mass is 369 g/mol. The summed E-state index contributed by atoms with van der Waals surface area (Å²) in [5.74, 6) is 3.11. The van der Waals surface area contributed by atoms with E-state index in [1.165, 1.54) is 5.56 Å². The van der Waals surface area contributed by atoms with Crippen molar-refractivity contribution in [1.29, 1.82) is 0 Å². The van der Waals surface area contributed by atoms with Gasteiger partial charge < -0.3 is 14.4 Å². The third kappa shape index (κ3) is 3.05. The Balaban J connectivity index is 1.56. The first kappa shape index (κ1) is 17.3. The van der Waals surface area contributed by atoms with Crippen LogP contribution < -0.4 is 9.47 Å². The molecule has 0 N–H and O–H groups in total. The molecule has 1 saturated carbocycles.